The maximum Gasteiger partial charge on any atom is 0.309 e. The summed E-state index contributed by atoms with van der Waals surface area (Å²) < 4.78 is 20.4. The molecule has 35 heavy (non-hydrogen) atoms. The molecular weight excluding hydrogens is 487 g/mol. The van der Waals surface area contributed by atoms with Crippen molar-refractivity contribution >= 4 is 40.0 Å². The first-order chi connectivity index (χ1) is 17.0. The Morgan fingerprint density at radius 2 is 2.14 bits per heavy atom. The van der Waals surface area contributed by atoms with Crippen LogP contribution in [-0.4, -0.2) is 58.6 Å². The van der Waals surface area contributed by atoms with E-state index in [-0.39, 0.29) is 6.42 Å². The van der Waals surface area contributed by atoms with Gasteiger partial charge in [-0.25, -0.2) is 4.39 Å². The summed E-state index contributed by atoms with van der Waals surface area (Å²) in [4.78, 5) is 19.0. The fraction of sp³-hybridized carbons (Fsp3) is 0.462. The van der Waals surface area contributed by atoms with Crippen molar-refractivity contribution in [2.24, 2.45) is 5.41 Å². The van der Waals surface area contributed by atoms with Gasteiger partial charge in [-0.2, -0.15) is 0 Å². The minimum absolute atomic E-state index is 0.240. The molecule has 1 atom stereocenters. The van der Waals surface area contributed by atoms with E-state index >= 15 is 0 Å². The van der Waals surface area contributed by atoms with Crippen molar-refractivity contribution in [1.29, 1.82) is 0 Å². The Bertz CT molecular complexity index is 1130. The Kier molecular flexibility index (Phi) is 8.64. The molecule has 1 aromatic carbocycles. The van der Waals surface area contributed by atoms with Gasteiger partial charge >= 0.3 is 5.97 Å². The Morgan fingerprint density at radius 3 is 2.80 bits per heavy atom. The highest BCUT2D eigenvalue weighted by atomic mass is 32.2. The number of carbonyl (C=O) groups is 1. The van der Waals surface area contributed by atoms with E-state index in [2.05, 4.69) is 21.3 Å². The standard InChI is InChI=1S/C26H31FN2O4S2/c1-33-19-4-5-21-20(15-19)24(18(16-27)17-28-21)22(30)6-7-26(25(31)32)8-10-29(11-9-26)12-14-35-23-3-2-13-34-23/h2-5,13,15,17,22,30H,6-12,14,16H2,1H3,(H,31,32)/t22-/m1/s1. The fourth-order valence-electron chi connectivity index (χ4n) is 4.81. The summed E-state index contributed by atoms with van der Waals surface area (Å²) in [5.41, 5.74) is 0.550. The van der Waals surface area contributed by atoms with Gasteiger partial charge in [0.1, 0.15) is 12.4 Å². The molecule has 2 N–H and O–H groups in total. The molecule has 0 unspecified atom stereocenters. The maximum atomic E-state index is 13.8. The molecular formula is C26H31FN2O4S2. The van der Waals surface area contributed by atoms with Crippen molar-refractivity contribution in [1.82, 2.24) is 9.88 Å². The van der Waals surface area contributed by atoms with Crippen LogP contribution in [0.5, 0.6) is 5.75 Å². The largest absolute Gasteiger partial charge is 0.497 e. The number of methoxy groups -OCH3 is 1. The average molecular weight is 519 g/mol. The SMILES string of the molecule is COc1ccc2ncc(CF)c([C@H](O)CCC3(C(=O)O)CCN(CCSc4cccs4)CC3)c2c1. The van der Waals surface area contributed by atoms with Crippen LogP contribution in [0, 0.1) is 5.41 Å². The first-order valence-corrected chi connectivity index (χ1v) is 13.6. The molecule has 0 bridgehead atoms. The van der Waals surface area contributed by atoms with Crippen LogP contribution >= 0.6 is 23.1 Å². The van der Waals surface area contributed by atoms with Crippen molar-refractivity contribution in [3.05, 3.63) is 53.0 Å². The quantitative estimate of drug-likeness (QED) is 0.322. The molecule has 1 fully saturated rings. The highest BCUT2D eigenvalue weighted by Gasteiger charge is 2.41. The minimum atomic E-state index is -0.991. The van der Waals surface area contributed by atoms with E-state index in [9.17, 15) is 19.4 Å². The van der Waals surface area contributed by atoms with Gasteiger partial charge in [-0.1, -0.05) is 6.07 Å². The Morgan fingerprint density at radius 1 is 1.34 bits per heavy atom. The number of aliphatic hydroxyl groups excluding tert-OH is 1. The summed E-state index contributed by atoms with van der Waals surface area (Å²) in [5, 5.41) is 24.0. The Balaban J connectivity index is 1.42. The summed E-state index contributed by atoms with van der Waals surface area (Å²) in [5.74, 6) is 0.754. The Hall–Kier alpha value is -2.20. The molecule has 2 aromatic heterocycles. The second-order valence-electron chi connectivity index (χ2n) is 8.98. The monoisotopic (exact) mass is 518 g/mol. The predicted octanol–water partition coefficient (Wildman–Crippen LogP) is 5.55. The van der Waals surface area contributed by atoms with Gasteiger partial charge in [0.05, 0.1) is 28.4 Å². The zero-order valence-electron chi connectivity index (χ0n) is 19.8. The summed E-state index contributed by atoms with van der Waals surface area (Å²) in [6, 6.07) is 9.46. The first kappa shape index (κ1) is 25.9. The number of thioether (sulfide) groups is 1. The van der Waals surface area contributed by atoms with Crippen LogP contribution < -0.4 is 4.74 Å². The molecule has 0 radical (unpaired) electrons. The molecule has 6 nitrogen and oxygen atoms in total. The van der Waals surface area contributed by atoms with E-state index in [1.165, 1.54) is 10.4 Å². The van der Waals surface area contributed by atoms with Crippen LogP contribution in [0.2, 0.25) is 0 Å². The van der Waals surface area contributed by atoms with Crippen molar-refractivity contribution in [3.8, 4) is 5.75 Å². The van der Waals surface area contributed by atoms with Gasteiger partial charge in [0, 0.05) is 29.4 Å². The first-order valence-electron chi connectivity index (χ1n) is 11.8. The van der Waals surface area contributed by atoms with Gasteiger partial charge in [0.15, 0.2) is 0 Å². The lowest BCUT2D eigenvalue weighted by atomic mass is 9.74. The molecule has 1 aliphatic heterocycles. The second-order valence-corrected chi connectivity index (χ2v) is 11.3. The lowest BCUT2D eigenvalue weighted by Crippen LogP contribution is -2.45. The van der Waals surface area contributed by atoms with Gasteiger partial charge in [-0.05, 0) is 74.0 Å². The minimum Gasteiger partial charge on any atom is -0.497 e. The molecule has 4 rings (SSSR count). The zero-order chi connectivity index (χ0) is 24.8. The summed E-state index contributed by atoms with van der Waals surface area (Å²) >= 11 is 3.56. The number of ether oxygens (including phenoxy) is 1. The van der Waals surface area contributed by atoms with Crippen LogP contribution in [0.1, 0.15) is 42.9 Å². The normalized spacial score (nSPS) is 16.9. The number of hydrogen-bond acceptors (Lipinski definition) is 7. The number of rotatable bonds is 11. The van der Waals surface area contributed by atoms with Crippen molar-refractivity contribution in [2.45, 2.75) is 42.7 Å². The second kappa shape index (κ2) is 11.7. The highest BCUT2D eigenvalue weighted by molar-refractivity contribution is 8.01. The van der Waals surface area contributed by atoms with Crippen LogP contribution in [0.15, 0.2) is 46.1 Å². The third kappa shape index (κ3) is 5.97. The number of piperidine rings is 1. The average Bonchev–Trinajstić information content (AvgIpc) is 3.40. The molecule has 3 aromatic rings. The molecule has 0 aliphatic carbocycles. The summed E-state index contributed by atoms with van der Waals surface area (Å²) in [6.07, 6.45) is 2.12. The number of benzene rings is 1. The van der Waals surface area contributed by atoms with Gasteiger partial charge in [-0.15, -0.1) is 23.1 Å². The lowest BCUT2D eigenvalue weighted by molar-refractivity contribution is -0.153. The topological polar surface area (TPSA) is 82.9 Å². The number of likely N-dealkylation sites (tertiary alicyclic amines) is 1. The number of fused-ring (bicyclic) bond motifs is 1. The molecule has 3 heterocycles. The number of alkyl halides is 1. The third-order valence-electron chi connectivity index (χ3n) is 6.99. The number of thiophene rings is 1. The molecule has 1 saturated heterocycles. The number of carboxylic acids is 1. The van der Waals surface area contributed by atoms with Gasteiger partial charge in [0.25, 0.3) is 0 Å². The number of aliphatic hydroxyl groups is 1. The number of hydrogen-bond donors (Lipinski definition) is 2. The van der Waals surface area contributed by atoms with Gasteiger partial charge in [0.2, 0.25) is 0 Å². The maximum absolute atomic E-state index is 13.8. The molecule has 0 amide bonds. The zero-order valence-corrected chi connectivity index (χ0v) is 21.4. The van der Waals surface area contributed by atoms with Gasteiger partial charge < -0.3 is 19.8 Å². The van der Waals surface area contributed by atoms with E-state index in [4.69, 9.17) is 4.74 Å². The van der Waals surface area contributed by atoms with E-state index in [0.29, 0.717) is 47.0 Å². The van der Waals surface area contributed by atoms with Crippen LogP contribution in [0.3, 0.4) is 0 Å². The summed E-state index contributed by atoms with van der Waals surface area (Å²) in [6.45, 7) is 1.61. The summed E-state index contributed by atoms with van der Waals surface area (Å²) in [7, 11) is 1.55. The van der Waals surface area contributed by atoms with E-state index in [1.807, 2.05) is 17.8 Å². The van der Waals surface area contributed by atoms with Crippen molar-refractivity contribution in [3.63, 3.8) is 0 Å². The highest BCUT2D eigenvalue weighted by Crippen LogP contribution is 2.40. The number of aromatic nitrogens is 1. The number of carboxylic acid groups (broad SMARTS) is 1. The predicted molar refractivity (Wildman–Crippen MR) is 138 cm³/mol. The van der Waals surface area contributed by atoms with Crippen LogP contribution in [0.25, 0.3) is 10.9 Å². The number of halogens is 1. The molecule has 0 spiro atoms. The van der Waals surface area contributed by atoms with Crippen molar-refractivity contribution < 1.29 is 24.1 Å². The third-order valence-corrected chi connectivity index (χ3v) is 9.10. The Labute approximate surface area is 213 Å². The van der Waals surface area contributed by atoms with Crippen molar-refractivity contribution in [2.75, 3.05) is 32.5 Å². The van der Waals surface area contributed by atoms with E-state index in [0.717, 1.165) is 25.4 Å². The van der Waals surface area contributed by atoms with E-state index < -0.39 is 24.2 Å². The number of aliphatic carboxylic acids is 1. The van der Waals surface area contributed by atoms with E-state index in [1.54, 1.807) is 36.6 Å². The fourth-order valence-corrected chi connectivity index (χ4v) is 6.68. The number of pyridine rings is 1. The number of nitrogens with zero attached hydrogens (tertiary/aromatic N) is 2. The van der Waals surface area contributed by atoms with Crippen LogP contribution in [-0.2, 0) is 11.5 Å². The molecule has 1 aliphatic rings. The lowest BCUT2D eigenvalue weighted by Gasteiger charge is -2.39. The molecule has 0 saturated carbocycles. The van der Waals surface area contributed by atoms with Gasteiger partial charge in [-0.3, -0.25) is 9.78 Å². The molecule has 188 valence electrons. The smallest absolute Gasteiger partial charge is 0.309 e. The molecule has 9 heteroatoms. The van der Waals surface area contributed by atoms with Crippen LogP contribution in [0.4, 0.5) is 4.39 Å².